The van der Waals surface area contributed by atoms with E-state index in [0.717, 1.165) is 30.8 Å². The van der Waals surface area contributed by atoms with Gasteiger partial charge >= 0.3 is 11.7 Å². The highest BCUT2D eigenvalue weighted by molar-refractivity contribution is 14.1. The molecule has 2 N–H and O–H groups in total. The normalized spacial score (nSPS) is 13.6. The topological polar surface area (TPSA) is 145 Å². The number of aromatic nitrogens is 2. The summed E-state index contributed by atoms with van der Waals surface area (Å²) in [7, 11) is 0. The van der Waals surface area contributed by atoms with Gasteiger partial charge in [-0.1, -0.05) is 24.3 Å². The molecule has 1 aliphatic rings. The van der Waals surface area contributed by atoms with Crippen molar-refractivity contribution in [3.63, 3.8) is 0 Å². The number of rotatable bonds is 10. The number of ether oxygens (including phenoxy) is 1. The molecule has 1 aliphatic heterocycles. The summed E-state index contributed by atoms with van der Waals surface area (Å²) in [5.74, 6) is -1.50. The van der Waals surface area contributed by atoms with Crippen LogP contribution >= 0.6 is 22.6 Å². The predicted octanol–water partition coefficient (Wildman–Crippen LogP) is 2.71. The molecular formula is C21H25IN6O5. The molecular weight excluding hydrogens is 543 g/mol. The van der Waals surface area contributed by atoms with Crippen molar-refractivity contribution < 1.29 is 19.2 Å². The zero-order valence-electron chi connectivity index (χ0n) is 18.2. The van der Waals surface area contributed by atoms with Crippen LogP contribution in [0.2, 0.25) is 0 Å². The number of carbonyl (C=O) groups is 2. The van der Waals surface area contributed by atoms with Gasteiger partial charge in [0.2, 0.25) is 17.5 Å². The van der Waals surface area contributed by atoms with Crippen LogP contribution < -0.4 is 10.6 Å². The van der Waals surface area contributed by atoms with E-state index in [1.165, 1.54) is 40.3 Å². The van der Waals surface area contributed by atoms with Crippen LogP contribution in [0.4, 0.5) is 17.3 Å². The standard InChI is InChI=1S/C21H25IN6O5/c1-2-33-16(29)13-27(21-17(28(31)32)19(23)24-20(25-21)18(22)30)12-15-7-5-6-14(10-15)11-26-8-3-4-9-26/h5-7,10H,2-4,8-9,11-13H2,1H3,(H2,23,24,25). The third-order valence-electron chi connectivity index (χ3n) is 5.15. The molecule has 0 radical (unpaired) electrons. The Bertz CT molecular complexity index is 1040. The van der Waals surface area contributed by atoms with Gasteiger partial charge in [-0.15, -0.1) is 0 Å². The molecule has 2 aromatic rings. The van der Waals surface area contributed by atoms with E-state index in [-0.39, 0.29) is 31.3 Å². The first-order valence-corrected chi connectivity index (χ1v) is 11.6. The number of nitrogens with two attached hydrogens (primary N) is 1. The Morgan fingerprint density at radius 2 is 1.97 bits per heavy atom. The summed E-state index contributed by atoms with van der Waals surface area (Å²) >= 11 is 1.48. The van der Waals surface area contributed by atoms with E-state index in [2.05, 4.69) is 14.9 Å². The van der Waals surface area contributed by atoms with E-state index in [4.69, 9.17) is 10.5 Å². The van der Waals surface area contributed by atoms with Crippen LogP contribution in [0.15, 0.2) is 24.3 Å². The Morgan fingerprint density at radius 3 is 2.61 bits per heavy atom. The van der Waals surface area contributed by atoms with Crippen molar-refractivity contribution in [3.8, 4) is 0 Å². The number of anilines is 2. The third kappa shape index (κ3) is 6.57. The highest BCUT2D eigenvalue weighted by Crippen LogP contribution is 2.32. The molecule has 2 heterocycles. The molecule has 33 heavy (non-hydrogen) atoms. The molecule has 0 unspecified atom stereocenters. The van der Waals surface area contributed by atoms with Gasteiger partial charge in [0.15, 0.2) is 0 Å². The number of hydrogen-bond donors (Lipinski definition) is 1. The van der Waals surface area contributed by atoms with Gasteiger partial charge in [-0.2, -0.15) is 0 Å². The Hall–Kier alpha value is -2.87. The van der Waals surface area contributed by atoms with E-state index in [0.29, 0.717) is 0 Å². The van der Waals surface area contributed by atoms with E-state index in [1.807, 2.05) is 24.3 Å². The third-order valence-corrected chi connectivity index (χ3v) is 5.63. The van der Waals surface area contributed by atoms with Crippen LogP contribution in [-0.4, -0.2) is 55.8 Å². The highest BCUT2D eigenvalue weighted by atomic mass is 127. The fourth-order valence-corrected chi connectivity index (χ4v) is 4.00. The van der Waals surface area contributed by atoms with E-state index in [1.54, 1.807) is 6.92 Å². The number of esters is 1. The van der Waals surface area contributed by atoms with Crippen molar-refractivity contribution in [2.45, 2.75) is 32.9 Å². The number of nitro groups is 1. The van der Waals surface area contributed by atoms with E-state index in [9.17, 15) is 19.7 Å². The molecule has 0 spiro atoms. The summed E-state index contributed by atoms with van der Waals surface area (Å²) in [6.45, 7) is 4.55. The summed E-state index contributed by atoms with van der Waals surface area (Å²) in [5.41, 5.74) is 7.17. The second-order valence-electron chi connectivity index (χ2n) is 7.60. The number of carbonyl (C=O) groups excluding carboxylic acids is 2. The number of halogens is 1. The van der Waals surface area contributed by atoms with Gasteiger partial charge in [-0.05, 0) is 44.0 Å². The van der Waals surface area contributed by atoms with Crippen LogP contribution in [-0.2, 0) is 22.6 Å². The van der Waals surface area contributed by atoms with Crippen molar-refractivity contribution >= 4 is 49.7 Å². The van der Waals surface area contributed by atoms with Crippen molar-refractivity contribution in [2.24, 2.45) is 0 Å². The van der Waals surface area contributed by atoms with Crippen LogP contribution in [0.5, 0.6) is 0 Å². The number of nitrogen functional groups attached to an aromatic ring is 1. The molecule has 1 saturated heterocycles. The predicted molar refractivity (Wildman–Crippen MR) is 130 cm³/mol. The van der Waals surface area contributed by atoms with Gasteiger partial charge in [-0.3, -0.25) is 24.6 Å². The first kappa shape index (κ1) is 24.8. The second kappa shape index (κ2) is 11.3. The lowest BCUT2D eigenvalue weighted by Crippen LogP contribution is -2.32. The van der Waals surface area contributed by atoms with Gasteiger partial charge in [-0.25, -0.2) is 9.97 Å². The zero-order chi connectivity index (χ0) is 24.0. The molecule has 1 aromatic carbocycles. The molecule has 1 fully saturated rings. The Labute approximate surface area is 204 Å². The molecule has 0 atom stereocenters. The molecule has 11 nitrogen and oxygen atoms in total. The second-order valence-corrected chi connectivity index (χ2v) is 8.58. The van der Waals surface area contributed by atoms with Crippen molar-refractivity contribution in [3.05, 3.63) is 51.3 Å². The highest BCUT2D eigenvalue weighted by Gasteiger charge is 2.30. The summed E-state index contributed by atoms with van der Waals surface area (Å²) in [6.07, 6.45) is 2.37. The smallest absolute Gasteiger partial charge is 0.353 e. The molecule has 12 heteroatoms. The van der Waals surface area contributed by atoms with E-state index < -0.39 is 26.2 Å². The number of likely N-dealkylation sites (tertiary alicyclic amines) is 1. The lowest BCUT2D eigenvalue weighted by Gasteiger charge is -2.23. The Balaban J connectivity index is 1.98. The number of benzene rings is 1. The van der Waals surface area contributed by atoms with Crippen LogP contribution in [0.25, 0.3) is 0 Å². The molecule has 0 aliphatic carbocycles. The first-order chi connectivity index (χ1) is 15.8. The molecule has 0 amide bonds. The van der Waals surface area contributed by atoms with Crippen LogP contribution in [0.3, 0.4) is 0 Å². The van der Waals surface area contributed by atoms with Gasteiger partial charge in [0, 0.05) is 35.7 Å². The largest absolute Gasteiger partial charge is 0.465 e. The number of nitrogens with zero attached hydrogens (tertiary/aromatic N) is 5. The van der Waals surface area contributed by atoms with E-state index >= 15 is 0 Å². The quantitative estimate of drug-likeness (QED) is 0.149. The first-order valence-electron chi connectivity index (χ1n) is 10.5. The molecule has 1 aromatic heterocycles. The van der Waals surface area contributed by atoms with Crippen molar-refractivity contribution in [2.75, 3.05) is 36.9 Å². The molecule has 176 valence electrons. The van der Waals surface area contributed by atoms with Gasteiger partial charge in [0.25, 0.3) is 3.79 Å². The zero-order valence-corrected chi connectivity index (χ0v) is 20.4. The molecule has 3 rings (SSSR count). The maximum Gasteiger partial charge on any atom is 0.353 e. The Morgan fingerprint density at radius 1 is 1.27 bits per heavy atom. The number of hydrogen-bond acceptors (Lipinski definition) is 10. The summed E-state index contributed by atoms with van der Waals surface area (Å²) in [5, 5.41) is 11.7. The molecule has 0 bridgehead atoms. The fourth-order valence-electron chi connectivity index (χ4n) is 3.76. The average molecular weight is 568 g/mol. The van der Waals surface area contributed by atoms with Gasteiger partial charge in [0.05, 0.1) is 11.5 Å². The monoisotopic (exact) mass is 568 g/mol. The average Bonchev–Trinajstić information content (AvgIpc) is 3.25. The lowest BCUT2D eigenvalue weighted by atomic mass is 10.1. The van der Waals surface area contributed by atoms with Gasteiger partial charge < -0.3 is 15.4 Å². The van der Waals surface area contributed by atoms with Crippen LogP contribution in [0.1, 0.15) is 41.5 Å². The maximum absolute atomic E-state index is 12.3. The minimum absolute atomic E-state index is 0.124. The fraction of sp³-hybridized carbons (Fsp3) is 0.429. The SMILES string of the molecule is CCOC(=O)CN(Cc1cccc(CN2CCCC2)c1)c1nc(C(=O)I)nc(N)c1[N+](=O)[O-]. The van der Waals surface area contributed by atoms with Crippen molar-refractivity contribution in [1.82, 2.24) is 14.9 Å². The maximum atomic E-state index is 12.3. The minimum Gasteiger partial charge on any atom is -0.465 e. The Kier molecular flexibility index (Phi) is 8.49. The lowest BCUT2D eigenvalue weighted by molar-refractivity contribution is -0.383. The van der Waals surface area contributed by atoms with Crippen LogP contribution in [0, 0.1) is 10.1 Å². The summed E-state index contributed by atoms with van der Waals surface area (Å²) < 4.78 is 4.52. The summed E-state index contributed by atoms with van der Waals surface area (Å²) in [4.78, 5) is 46.8. The van der Waals surface area contributed by atoms with Gasteiger partial charge in [0.1, 0.15) is 6.54 Å². The minimum atomic E-state index is -0.714. The summed E-state index contributed by atoms with van der Waals surface area (Å²) in [6, 6.07) is 7.80. The molecule has 0 saturated carbocycles. The van der Waals surface area contributed by atoms with Crippen molar-refractivity contribution in [1.29, 1.82) is 0 Å².